The minimum Gasteiger partial charge on any atom is -0.349 e. The van der Waals surface area contributed by atoms with E-state index in [4.69, 9.17) is 4.98 Å². The van der Waals surface area contributed by atoms with Crippen LogP contribution in [0.1, 0.15) is 105 Å². The van der Waals surface area contributed by atoms with Gasteiger partial charge in [0.2, 0.25) is 11.8 Å². The molecule has 216 valence electrons. The predicted octanol–water partition coefficient (Wildman–Crippen LogP) is 5.12. The van der Waals surface area contributed by atoms with Crippen molar-refractivity contribution in [3.8, 4) is 0 Å². The average Bonchev–Trinajstić information content (AvgIpc) is 3.47. The Morgan fingerprint density at radius 3 is 2.48 bits per heavy atom. The van der Waals surface area contributed by atoms with E-state index in [9.17, 15) is 22.8 Å². The van der Waals surface area contributed by atoms with Crippen LogP contribution in [0, 0.1) is 11.8 Å². The van der Waals surface area contributed by atoms with Gasteiger partial charge in [0.15, 0.2) is 5.65 Å². The van der Waals surface area contributed by atoms with Gasteiger partial charge < -0.3 is 10.6 Å². The first-order chi connectivity index (χ1) is 19.1. The van der Waals surface area contributed by atoms with Gasteiger partial charge in [-0.1, -0.05) is 0 Å². The quantitative estimate of drug-likeness (QED) is 0.339. The van der Waals surface area contributed by atoms with E-state index in [-0.39, 0.29) is 74.3 Å². The van der Waals surface area contributed by atoms with Crippen LogP contribution in [0.4, 0.5) is 13.2 Å². The maximum Gasteiger partial charge on any atom is 0.270 e. The summed E-state index contributed by atoms with van der Waals surface area (Å²) in [5.41, 5.74) is 2.27. The van der Waals surface area contributed by atoms with Crippen LogP contribution in [0.3, 0.4) is 0 Å². The van der Waals surface area contributed by atoms with Gasteiger partial charge in [0, 0.05) is 31.5 Å². The lowest BCUT2D eigenvalue weighted by molar-refractivity contribution is -0.122. The number of halogens is 3. The van der Waals surface area contributed by atoms with Crippen LogP contribution in [0.2, 0.25) is 0 Å². The first-order valence-electron chi connectivity index (χ1n) is 14.1. The van der Waals surface area contributed by atoms with Crippen LogP contribution in [0.25, 0.3) is 5.65 Å². The first kappa shape index (κ1) is 28.1. The van der Waals surface area contributed by atoms with Crippen LogP contribution in [-0.2, 0) is 4.79 Å². The molecule has 9 nitrogen and oxygen atoms in total. The molecule has 3 aromatic rings. The molecule has 0 radical (unpaired) electrons. The molecule has 3 heterocycles. The molecule has 40 heavy (non-hydrogen) atoms. The molecule has 0 spiro atoms. The average molecular weight is 560 g/mol. The van der Waals surface area contributed by atoms with Gasteiger partial charge in [0.25, 0.3) is 5.91 Å². The number of hydrogen-bond donors (Lipinski definition) is 2. The van der Waals surface area contributed by atoms with Gasteiger partial charge in [-0.2, -0.15) is 10.2 Å². The minimum absolute atomic E-state index is 0.0303. The Balaban J connectivity index is 1.42. The summed E-state index contributed by atoms with van der Waals surface area (Å²) in [6, 6.07) is 2.63. The van der Waals surface area contributed by atoms with Gasteiger partial charge in [0.1, 0.15) is 5.69 Å². The Hall–Kier alpha value is -3.44. The molecule has 0 saturated heterocycles. The number of alkyl halides is 3. The van der Waals surface area contributed by atoms with E-state index < -0.39 is 18.6 Å². The molecule has 1 unspecified atom stereocenters. The number of carbonyl (C=O) groups excluding carboxylic acids is 2. The number of rotatable bonds is 11. The highest BCUT2D eigenvalue weighted by atomic mass is 19.3. The highest BCUT2D eigenvalue weighted by Gasteiger charge is 2.40. The van der Waals surface area contributed by atoms with Gasteiger partial charge in [-0.05, 0) is 75.5 Å². The molecule has 0 bridgehead atoms. The Bertz CT molecular complexity index is 1340. The molecule has 2 amide bonds. The van der Waals surface area contributed by atoms with Crippen molar-refractivity contribution in [1.82, 2.24) is 35.0 Å². The van der Waals surface area contributed by atoms with Gasteiger partial charge in [-0.25, -0.2) is 18.3 Å². The topological polar surface area (TPSA) is 106 Å². The van der Waals surface area contributed by atoms with Crippen molar-refractivity contribution in [3.63, 3.8) is 0 Å². The van der Waals surface area contributed by atoms with Crippen molar-refractivity contribution < 1.29 is 22.8 Å². The Kier molecular flexibility index (Phi) is 8.14. The normalized spacial score (nSPS) is 19.1. The largest absolute Gasteiger partial charge is 0.349 e. The summed E-state index contributed by atoms with van der Waals surface area (Å²) in [5, 5.41) is 14.8. The molecule has 2 fully saturated rings. The number of fused-ring (bicyclic) bond motifs is 1. The first-order valence-corrected chi connectivity index (χ1v) is 14.1. The lowest BCUT2D eigenvalue weighted by Crippen LogP contribution is -2.38. The molecular formula is C28H36F3N7O2. The SMILES string of the molecule is CC(C)n1nccc1C(=O)N[C@H](c1cn2ncc(C(NC(=O)CCCF)C3CC3)cc2n1)C1CCC(F)(F)CC1. The molecule has 0 aliphatic heterocycles. The second kappa shape index (κ2) is 11.6. The van der Waals surface area contributed by atoms with Crippen molar-refractivity contribution in [2.45, 2.75) is 89.3 Å². The van der Waals surface area contributed by atoms with E-state index >= 15 is 0 Å². The van der Waals surface area contributed by atoms with Gasteiger partial charge in [-0.3, -0.25) is 18.7 Å². The lowest BCUT2D eigenvalue weighted by Gasteiger charge is -2.33. The third kappa shape index (κ3) is 6.31. The number of imidazole rings is 1. The zero-order valence-electron chi connectivity index (χ0n) is 22.8. The molecule has 5 rings (SSSR count). The molecule has 2 aliphatic carbocycles. The van der Waals surface area contributed by atoms with Crippen LogP contribution in [0.15, 0.2) is 30.7 Å². The number of nitrogens with zero attached hydrogens (tertiary/aromatic N) is 5. The molecule has 2 aliphatic rings. The van der Waals surface area contributed by atoms with E-state index in [1.165, 1.54) is 0 Å². The molecule has 2 N–H and O–H groups in total. The maximum atomic E-state index is 14.0. The summed E-state index contributed by atoms with van der Waals surface area (Å²) in [6.07, 6.45) is 7.26. The number of nitrogens with one attached hydrogen (secondary N) is 2. The molecular weight excluding hydrogens is 523 g/mol. The standard InChI is InChI=1S/C28H36F3N7O2/c1-17(2)38-22(9-13-32-38)27(40)36-26(19-7-10-28(30,31)11-8-19)21-16-37-23(34-21)14-20(15-33-37)25(18-5-6-18)35-24(39)4-3-12-29/h9,13-19,25-26H,3-8,10-12H2,1-2H3,(H,35,39)(H,36,40)/t25?,26-/m0/s1. The van der Waals surface area contributed by atoms with E-state index in [1.54, 1.807) is 33.9 Å². The summed E-state index contributed by atoms with van der Waals surface area (Å²) in [6.45, 7) is 3.31. The second-order valence-electron chi connectivity index (χ2n) is 11.3. The Morgan fingerprint density at radius 2 is 1.80 bits per heavy atom. The fraction of sp³-hybridized carbons (Fsp3) is 0.607. The van der Waals surface area contributed by atoms with Gasteiger partial charge >= 0.3 is 0 Å². The van der Waals surface area contributed by atoms with Crippen LogP contribution >= 0.6 is 0 Å². The zero-order valence-corrected chi connectivity index (χ0v) is 22.8. The number of carbonyl (C=O) groups is 2. The number of amides is 2. The Labute approximate surface area is 230 Å². The minimum atomic E-state index is -2.71. The highest BCUT2D eigenvalue weighted by molar-refractivity contribution is 5.92. The summed E-state index contributed by atoms with van der Waals surface area (Å²) >= 11 is 0. The molecule has 0 aromatic carbocycles. The monoisotopic (exact) mass is 559 g/mol. The van der Waals surface area contributed by atoms with E-state index in [1.807, 2.05) is 19.9 Å². The number of hydrogen-bond acceptors (Lipinski definition) is 5. The van der Waals surface area contributed by atoms with Crippen molar-refractivity contribution >= 4 is 17.5 Å². The lowest BCUT2D eigenvalue weighted by atomic mass is 9.81. The fourth-order valence-electron chi connectivity index (χ4n) is 5.56. The van der Waals surface area contributed by atoms with E-state index in [0.717, 1.165) is 18.4 Å². The van der Waals surface area contributed by atoms with Crippen molar-refractivity contribution in [2.75, 3.05) is 6.67 Å². The van der Waals surface area contributed by atoms with Gasteiger partial charge in [0.05, 0.1) is 36.8 Å². The summed E-state index contributed by atoms with van der Waals surface area (Å²) in [4.78, 5) is 30.5. The third-order valence-electron chi connectivity index (χ3n) is 7.90. The van der Waals surface area contributed by atoms with Crippen LogP contribution in [0.5, 0.6) is 0 Å². The van der Waals surface area contributed by atoms with Crippen LogP contribution < -0.4 is 10.6 Å². The molecule has 3 aromatic heterocycles. The summed E-state index contributed by atoms with van der Waals surface area (Å²) in [5.74, 6) is -3.18. The van der Waals surface area contributed by atoms with Crippen molar-refractivity contribution in [1.29, 1.82) is 0 Å². The zero-order chi connectivity index (χ0) is 28.4. The molecule has 2 saturated carbocycles. The molecule has 12 heteroatoms. The van der Waals surface area contributed by atoms with Crippen molar-refractivity contribution in [2.24, 2.45) is 11.8 Å². The van der Waals surface area contributed by atoms with E-state index in [2.05, 4.69) is 20.8 Å². The smallest absolute Gasteiger partial charge is 0.270 e. The highest BCUT2D eigenvalue weighted by Crippen LogP contribution is 2.42. The van der Waals surface area contributed by atoms with Gasteiger partial charge in [-0.15, -0.1) is 0 Å². The second-order valence-corrected chi connectivity index (χ2v) is 11.3. The maximum absolute atomic E-state index is 14.0. The fourth-order valence-corrected chi connectivity index (χ4v) is 5.56. The van der Waals surface area contributed by atoms with Crippen LogP contribution in [-0.4, -0.2) is 48.8 Å². The predicted molar refractivity (Wildman–Crippen MR) is 142 cm³/mol. The summed E-state index contributed by atoms with van der Waals surface area (Å²) < 4.78 is 43.8. The summed E-state index contributed by atoms with van der Waals surface area (Å²) in [7, 11) is 0. The third-order valence-corrected chi connectivity index (χ3v) is 7.90. The Morgan fingerprint density at radius 1 is 1.07 bits per heavy atom. The molecule has 2 atom stereocenters. The number of aromatic nitrogens is 5. The van der Waals surface area contributed by atoms with Crippen molar-refractivity contribution in [3.05, 3.63) is 47.7 Å². The van der Waals surface area contributed by atoms with E-state index in [0.29, 0.717) is 17.0 Å².